The number of phenols is 1. The fourth-order valence-corrected chi connectivity index (χ4v) is 1.86. The van der Waals surface area contributed by atoms with Crippen molar-refractivity contribution in [1.29, 1.82) is 0 Å². The molecule has 0 atom stereocenters. The highest BCUT2D eigenvalue weighted by Crippen LogP contribution is 2.43. The van der Waals surface area contributed by atoms with Crippen LogP contribution in [0.4, 0.5) is 0 Å². The van der Waals surface area contributed by atoms with Gasteiger partial charge in [-0.15, -0.1) is 0 Å². The highest BCUT2D eigenvalue weighted by molar-refractivity contribution is 5.85. The lowest BCUT2D eigenvalue weighted by Gasteiger charge is -1.95. The van der Waals surface area contributed by atoms with Crippen LogP contribution in [0.1, 0.15) is 24.3 Å². The molecule has 0 saturated heterocycles. The number of phenolic OH excluding ortho intramolecular Hbond substituents is 1. The van der Waals surface area contributed by atoms with E-state index >= 15 is 0 Å². The molecule has 1 heterocycles. The van der Waals surface area contributed by atoms with Crippen LogP contribution in [0.3, 0.4) is 0 Å². The average molecular weight is 173 g/mol. The fraction of sp³-hybridized carbons (Fsp3) is 0.273. The first-order valence-electron chi connectivity index (χ1n) is 4.64. The van der Waals surface area contributed by atoms with Crippen LogP contribution in [-0.2, 0) is 0 Å². The molecular weight excluding hydrogens is 162 g/mol. The first-order valence-corrected chi connectivity index (χ1v) is 4.64. The molecule has 0 aliphatic heterocycles. The fourth-order valence-electron chi connectivity index (χ4n) is 1.86. The number of fused-ring (bicyclic) bond motifs is 1. The van der Waals surface area contributed by atoms with Crippen LogP contribution in [0.5, 0.6) is 5.75 Å². The quantitative estimate of drug-likeness (QED) is 0.683. The minimum atomic E-state index is 0.356. The molecule has 1 aromatic carbocycles. The van der Waals surface area contributed by atoms with E-state index in [0.717, 1.165) is 11.4 Å². The molecule has 2 nitrogen and oxygen atoms in total. The summed E-state index contributed by atoms with van der Waals surface area (Å²) in [6, 6.07) is 5.49. The second-order valence-corrected chi connectivity index (χ2v) is 3.75. The number of hydrogen-bond donors (Lipinski definition) is 2. The van der Waals surface area contributed by atoms with Crippen LogP contribution in [-0.4, -0.2) is 10.1 Å². The Morgan fingerprint density at radius 2 is 2.15 bits per heavy atom. The summed E-state index contributed by atoms with van der Waals surface area (Å²) < 4.78 is 0. The number of H-pyrrole nitrogens is 1. The van der Waals surface area contributed by atoms with Gasteiger partial charge in [-0.05, 0) is 42.5 Å². The van der Waals surface area contributed by atoms with Crippen LogP contribution in [0.15, 0.2) is 24.4 Å². The maximum absolute atomic E-state index is 9.36. The van der Waals surface area contributed by atoms with Crippen molar-refractivity contribution in [2.75, 3.05) is 0 Å². The summed E-state index contributed by atoms with van der Waals surface area (Å²) in [6.07, 6.45) is 4.66. The molecule has 3 rings (SSSR count). The molecule has 2 aromatic rings. The molecule has 1 aliphatic carbocycles. The van der Waals surface area contributed by atoms with E-state index in [2.05, 4.69) is 11.2 Å². The maximum Gasteiger partial charge on any atom is 0.116 e. The molecular formula is C11H11NO. The first-order chi connectivity index (χ1) is 6.34. The first kappa shape index (κ1) is 7.01. The Labute approximate surface area is 76.2 Å². The Kier molecular flexibility index (Phi) is 1.23. The Morgan fingerprint density at radius 1 is 1.31 bits per heavy atom. The minimum absolute atomic E-state index is 0.356. The van der Waals surface area contributed by atoms with Gasteiger partial charge >= 0.3 is 0 Å². The molecule has 0 radical (unpaired) electrons. The Hall–Kier alpha value is -1.44. The number of nitrogens with one attached hydrogen (secondary N) is 1. The number of rotatable bonds is 1. The van der Waals surface area contributed by atoms with Crippen molar-refractivity contribution in [3.8, 4) is 5.75 Å². The third-order valence-corrected chi connectivity index (χ3v) is 2.71. The van der Waals surface area contributed by atoms with E-state index in [1.807, 2.05) is 12.1 Å². The normalized spacial score (nSPS) is 16.6. The summed E-state index contributed by atoms with van der Waals surface area (Å²) in [5.74, 6) is 1.09. The van der Waals surface area contributed by atoms with Crippen molar-refractivity contribution in [1.82, 2.24) is 4.98 Å². The summed E-state index contributed by atoms with van der Waals surface area (Å²) in [5, 5.41) is 10.5. The standard InChI is InChI=1S/C11H11NO/c13-8-3-4-11-9(5-8)10(6-12-11)7-1-2-7/h3-7,12-13H,1-2H2. The monoisotopic (exact) mass is 173 g/mol. The van der Waals surface area contributed by atoms with Crippen LogP contribution in [0.2, 0.25) is 0 Å². The topological polar surface area (TPSA) is 36.0 Å². The van der Waals surface area contributed by atoms with Crippen molar-refractivity contribution in [2.24, 2.45) is 0 Å². The number of hydrogen-bond acceptors (Lipinski definition) is 1. The van der Waals surface area contributed by atoms with Crippen LogP contribution in [0.25, 0.3) is 10.9 Å². The zero-order valence-corrected chi connectivity index (χ0v) is 7.25. The number of benzene rings is 1. The smallest absolute Gasteiger partial charge is 0.116 e. The summed E-state index contributed by atoms with van der Waals surface area (Å²) in [4.78, 5) is 3.23. The predicted molar refractivity (Wildman–Crippen MR) is 51.9 cm³/mol. The van der Waals surface area contributed by atoms with Crippen molar-refractivity contribution < 1.29 is 5.11 Å². The van der Waals surface area contributed by atoms with Crippen LogP contribution >= 0.6 is 0 Å². The SMILES string of the molecule is Oc1ccc2[nH]cc(C3CC3)c2c1. The molecule has 0 unspecified atom stereocenters. The second kappa shape index (κ2) is 2.28. The van der Waals surface area contributed by atoms with Gasteiger partial charge in [0.2, 0.25) is 0 Å². The van der Waals surface area contributed by atoms with Crippen molar-refractivity contribution in [3.63, 3.8) is 0 Å². The lowest BCUT2D eigenvalue weighted by atomic mass is 10.1. The van der Waals surface area contributed by atoms with E-state index in [1.54, 1.807) is 6.07 Å². The van der Waals surface area contributed by atoms with Gasteiger partial charge in [0.1, 0.15) is 5.75 Å². The highest BCUT2D eigenvalue weighted by Gasteiger charge is 2.25. The molecule has 66 valence electrons. The molecule has 1 aromatic heterocycles. The predicted octanol–water partition coefficient (Wildman–Crippen LogP) is 2.75. The molecule has 1 fully saturated rings. The number of aromatic hydroxyl groups is 1. The summed E-state index contributed by atoms with van der Waals surface area (Å²) in [7, 11) is 0. The van der Waals surface area contributed by atoms with Gasteiger partial charge in [0, 0.05) is 17.1 Å². The molecule has 2 heteroatoms. The lowest BCUT2D eigenvalue weighted by molar-refractivity contribution is 0.476. The van der Waals surface area contributed by atoms with Gasteiger partial charge in [-0.2, -0.15) is 0 Å². The van der Waals surface area contributed by atoms with E-state index in [9.17, 15) is 5.11 Å². The third-order valence-electron chi connectivity index (χ3n) is 2.71. The van der Waals surface area contributed by atoms with Crippen molar-refractivity contribution >= 4 is 10.9 Å². The van der Waals surface area contributed by atoms with E-state index in [-0.39, 0.29) is 0 Å². The molecule has 0 bridgehead atoms. The van der Waals surface area contributed by atoms with Gasteiger partial charge in [-0.25, -0.2) is 0 Å². The van der Waals surface area contributed by atoms with E-state index in [1.165, 1.54) is 23.8 Å². The molecule has 13 heavy (non-hydrogen) atoms. The minimum Gasteiger partial charge on any atom is -0.508 e. The van der Waals surface area contributed by atoms with Gasteiger partial charge in [0.15, 0.2) is 0 Å². The van der Waals surface area contributed by atoms with Crippen LogP contribution < -0.4 is 0 Å². The summed E-state index contributed by atoms with van der Waals surface area (Å²) >= 11 is 0. The van der Waals surface area contributed by atoms with E-state index < -0.39 is 0 Å². The van der Waals surface area contributed by atoms with Crippen LogP contribution in [0, 0.1) is 0 Å². The van der Waals surface area contributed by atoms with Gasteiger partial charge < -0.3 is 10.1 Å². The van der Waals surface area contributed by atoms with Crippen molar-refractivity contribution in [3.05, 3.63) is 30.0 Å². The number of aromatic nitrogens is 1. The van der Waals surface area contributed by atoms with Gasteiger partial charge in [-0.1, -0.05) is 0 Å². The average Bonchev–Trinajstić information content (AvgIpc) is 2.87. The number of aromatic amines is 1. The Balaban J connectivity index is 2.29. The third kappa shape index (κ3) is 1.02. The molecule has 1 aliphatic rings. The van der Waals surface area contributed by atoms with Crippen molar-refractivity contribution in [2.45, 2.75) is 18.8 Å². The summed E-state index contributed by atoms with van der Waals surface area (Å²) in [6.45, 7) is 0. The second-order valence-electron chi connectivity index (χ2n) is 3.75. The maximum atomic E-state index is 9.36. The zero-order valence-electron chi connectivity index (χ0n) is 7.25. The van der Waals surface area contributed by atoms with E-state index in [0.29, 0.717) is 5.75 Å². The van der Waals surface area contributed by atoms with Gasteiger partial charge in [-0.3, -0.25) is 0 Å². The lowest BCUT2D eigenvalue weighted by Crippen LogP contribution is -1.74. The molecule has 1 saturated carbocycles. The van der Waals surface area contributed by atoms with E-state index in [4.69, 9.17) is 0 Å². The molecule has 2 N–H and O–H groups in total. The molecule has 0 spiro atoms. The molecule has 0 amide bonds. The Bertz CT molecular complexity index is 454. The largest absolute Gasteiger partial charge is 0.508 e. The highest BCUT2D eigenvalue weighted by atomic mass is 16.3. The van der Waals surface area contributed by atoms with Gasteiger partial charge in [0.05, 0.1) is 0 Å². The van der Waals surface area contributed by atoms with Gasteiger partial charge in [0.25, 0.3) is 0 Å². The summed E-state index contributed by atoms with van der Waals surface area (Å²) in [5.41, 5.74) is 2.49. The zero-order chi connectivity index (χ0) is 8.84. The Morgan fingerprint density at radius 3 is 2.92 bits per heavy atom.